The lowest BCUT2D eigenvalue weighted by atomic mass is 10.1. The molecule has 0 saturated carbocycles. The van der Waals surface area contributed by atoms with E-state index in [1.165, 1.54) is 11.3 Å². The van der Waals surface area contributed by atoms with E-state index in [4.69, 9.17) is 0 Å². The van der Waals surface area contributed by atoms with Crippen LogP contribution in [0, 0.1) is 0 Å². The third kappa shape index (κ3) is 4.79. The number of rotatable bonds is 6. The van der Waals surface area contributed by atoms with Crippen molar-refractivity contribution in [3.8, 4) is 0 Å². The van der Waals surface area contributed by atoms with Crippen LogP contribution in [-0.4, -0.2) is 11.7 Å². The number of ketones is 1. The minimum Gasteiger partial charge on any atom is -0.350 e. The standard InChI is InChI=1S/C16H16BrNO2S/c1-11(12-4-6-13(17)7-5-12)18-16(20)9-8-14(19)15-3-2-10-21-15/h2-7,10-11H,8-9H2,1H3,(H,18,20). The molecule has 1 N–H and O–H groups in total. The van der Waals surface area contributed by atoms with Crippen LogP contribution in [0.4, 0.5) is 0 Å². The second kappa shape index (κ2) is 7.52. The zero-order chi connectivity index (χ0) is 15.2. The van der Waals surface area contributed by atoms with Gasteiger partial charge >= 0.3 is 0 Å². The average Bonchev–Trinajstić information content (AvgIpc) is 2.99. The summed E-state index contributed by atoms with van der Waals surface area (Å²) in [7, 11) is 0. The maximum atomic E-state index is 11.9. The summed E-state index contributed by atoms with van der Waals surface area (Å²) in [6.45, 7) is 1.93. The Bertz CT molecular complexity index is 608. The molecule has 21 heavy (non-hydrogen) atoms. The maximum absolute atomic E-state index is 11.9. The minimum atomic E-state index is -0.102. The van der Waals surface area contributed by atoms with Crippen LogP contribution in [0.15, 0.2) is 46.3 Å². The van der Waals surface area contributed by atoms with Crippen molar-refractivity contribution in [3.05, 3.63) is 56.7 Å². The molecule has 1 amide bonds. The van der Waals surface area contributed by atoms with E-state index in [2.05, 4.69) is 21.2 Å². The minimum absolute atomic E-state index is 0.0245. The molecule has 1 aromatic heterocycles. The number of nitrogens with one attached hydrogen (secondary N) is 1. The highest BCUT2D eigenvalue weighted by Crippen LogP contribution is 2.17. The summed E-state index contributed by atoms with van der Waals surface area (Å²) in [5.41, 5.74) is 1.04. The number of Topliss-reactive ketones (excluding diaryl/α,β-unsaturated/α-hetero) is 1. The van der Waals surface area contributed by atoms with Crippen molar-refractivity contribution in [3.63, 3.8) is 0 Å². The summed E-state index contributed by atoms with van der Waals surface area (Å²) >= 11 is 4.79. The molecular weight excluding hydrogens is 350 g/mol. The Balaban J connectivity index is 1.81. The Kier molecular flexibility index (Phi) is 5.70. The molecule has 110 valence electrons. The fourth-order valence-electron chi connectivity index (χ4n) is 1.94. The first kappa shape index (κ1) is 15.9. The Morgan fingerprint density at radius 1 is 1.19 bits per heavy atom. The monoisotopic (exact) mass is 365 g/mol. The first-order valence-corrected chi connectivity index (χ1v) is 8.35. The van der Waals surface area contributed by atoms with Crippen LogP contribution in [0.1, 0.15) is 41.0 Å². The van der Waals surface area contributed by atoms with Gasteiger partial charge in [0.2, 0.25) is 5.91 Å². The average molecular weight is 366 g/mol. The van der Waals surface area contributed by atoms with E-state index in [1.54, 1.807) is 6.07 Å². The fraction of sp³-hybridized carbons (Fsp3) is 0.250. The van der Waals surface area contributed by atoms with E-state index < -0.39 is 0 Å². The fourth-order valence-corrected chi connectivity index (χ4v) is 2.89. The Morgan fingerprint density at radius 2 is 1.90 bits per heavy atom. The molecule has 1 heterocycles. The van der Waals surface area contributed by atoms with Crippen LogP contribution in [0.2, 0.25) is 0 Å². The van der Waals surface area contributed by atoms with Crippen LogP contribution in [0.5, 0.6) is 0 Å². The number of amides is 1. The molecule has 0 aliphatic heterocycles. The van der Waals surface area contributed by atoms with Gasteiger partial charge in [0.25, 0.3) is 0 Å². The molecule has 2 rings (SSSR count). The van der Waals surface area contributed by atoms with Gasteiger partial charge in [-0.3, -0.25) is 9.59 Å². The van der Waals surface area contributed by atoms with Crippen molar-refractivity contribution in [1.82, 2.24) is 5.32 Å². The molecule has 1 atom stereocenters. The maximum Gasteiger partial charge on any atom is 0.220 e. The van der Waals surface area contributed by atoms with Crippen molar-refractivity contribution < 1.29 is 9.59 Å². The highest BCUT2D eigenvalue weighted by molar-refractivity contribution is 9.10. The molecule has 2 aromatic rings. The molecular formula is C16H16BrNO2S. The van der Waals surface area contributed by atoms with Gasteiger partial charge < -0.3 is 5.32 Å². The van der Waals surface area contributed by atoms with Crippen molar-refractivity contribution in [2.45, 2.75) is 25.8 Å². The van der Waals surface area contributed by atoms with Gasteiger partial charge in [-0.1, -0.05) is 34.1 Å². The second-order valence-corrected chi connectivity index (χ2v) is 6.60. The lowest BCUT2D eigenvalue weighted by molar-refractivity contribution is -0.121. The van der Waals surface area contributed by atoms with E-state index in [9.17, 15) is 9.59 Å². The number of carbonyl (C=O) groups excluding carboxylic acids is 2. The molecule has 0 saturated heterocycles. The first-order chi connectivity index (χ1) is 10.1. The number of benzene rings is 1. The van der Waals surface area contributed by atoms with Gasteiger partial charge in [-0.15, -0.1) is 11.3 Å². The quantitative estimate of drug-likeness (QED) is 0.773. The van der Waals surface area contributed by atoms with Crippen molar-refractivity contribution in [2.24, 2.45) is 0 Å². The Morgan fingerprint density at radius 3 is 2.52 bits per heavy atom. The molecule has 0 spiro atoms. The smallest absolute Gasteiger partial charge is 0.220 e. The molecule has 1 unspecified atom stereocenters. The van der Waals surface area contributed by atoms with Crippen LogP contribution in [0.3, 0.4) is 0 Å². The van der Waals surface area contributed by atoms with Crippen molar-refractivity contribution in [1.29, 1.82) is 0 Å². The van der Waals surface area contributed by atoms with E-state index in [0.717, 1.165) is 10.0 Å². The van der Waals surface area contributed by atoms with Crippen molar-refractivity contribution >= 4 is 39.0 Å². The van der Waals surface area contributed by atoms with Crippen LogP contribution < -0.4 is 5.32 Å². The number of carbonyl (C=O) groups is 2. The van der Waals surface area contributed by atoms with Crippen molar-refractivity contribution in [2.75, 3.05) is 0 Å². The van der Waals surface area contributed by atoms with Crippen LogP contribution >= 0.6 is 27.3 Å². The number of halogens is 1. The Labute approximate surface area is 136 Å². The molecule has 5 heteroatoms. The van der Waals surface area contributed by atoms with E-state index in [0.29, 0.717) is 4.88 Å². The third-order valence-corrected chi connectivity index (χ3v) is 4.56. The lowest BCUT2D eigenvalue weighted by Crippen LogP contribution is -2.26. The van der Waals surface area contributed by atoms with Gasteiger partial charge in [-0.2, -0.15) is 0 Å². The predicted molar refractivity (Wildman–Crippen MR) is 88.6 cm³/mol. The van der Waals surface area contributed by atoms with Crippen LogP contribution in [0.25, 0.3) is 0 Å². The predicted octanol–water partition coefficient (Wildman–Crippen LogP) is 4.35. The van der Waals surface area contributed by atoms with Gasteiger partial charge in [0.15, 0.2) is 5.78 Å². The highest BCUT2D eigenvalue weighted by Gasteiger charge is 2.12. The summed E-state index contributed by atoms with van der Waals surface area (Å²) in [6, 6.07) is 11.4. The van der Waals surface area contributed by atoms with Gasteiger partial charge in [-0.25, -0.2) is 0 Å². The highest BCUT2D eigenvalue weighted by atomic mass is 79.9. The van der Waals surface area contributed by atoms with Crippen LogP contribution in [-0.2, 0) is 4.79 Å². The third-order valence-electron chi connectivity index (χ3n) is 3.12. The topological polar surface area (TPSA) is 46.2 Å². The lowest BCUT2D eigenvalue weighted by Gasteiger charge is -2.14. The second-order valence-electron chi connectivity index (χ2n) is 4.74. The number of hydrogen-bond acceptors (Lipinski definition) is 3. The van der Waals surface area contributed by atoms with E-state index in [-0.39, 0.29) is 30.6 Å². The largest absolute Gasteiger partial charge is 0.350 e. The zero-order valence-corrected chi connectivity index (χ0v) is 14.0. The number of hydrogen-bond donors (Lipinski definition) is 1. The first-order valence-electron chi connectivity index (χ1n) is 6.68. The van der Waals surface area contributed by atoms with E-state index >= 15 is 0 Å². The van der Waals surface area contributed by atoms with Gasteiger partial charge in [0, 0.05) is 17.3 Å². The summed E-state index contributed by atoms with van der Waals surface area (Å²) in [5, 5.41) is 4.78. The molecule has 3 nitrogen and oxygen atoms in total. The molecule has 0 fully saturated rings. The van der Waals surface area contributed by atoms with Gasteiger partial charge in [-0.05, 0) is 36.1 Å². The molecule has 0 aliphatic rings. The van der Waals surface area contributed by atoms with Gasteiger partial charge in [0.1, 0.15) is 0 Å². The normalized spacial score (nSPS) is 11.9. The number of thiophene rings is 1. The summed E-state index contributed by atoms with van der Waals surface area (Å²) in [5.74, 6) is -0.0771. The Hall–Kier alpha value is -1.46. The zero-order valence-electron chi connectivity index (χ0n) is 11.6. The molecule has 0 radical (unpaired) electrons. The molecule has 0 bridgehead atoms. The molecule has 0 aliphatic carbocycles. The molecule has 1 aromatic carbocycles. The summed E-state index contributed by atoms with van der Waals surface area (Å²) in [4.78, 5) is 24.4. The summed E-state index contributed by atoms with van der Waals surface area (Å²) in [6.07, 6.45) is 0.469. The summed E-state index contributed by atoms with van der Waals surface area (Å²) < 4.78 is 1.01. The van der Waals surface area contributed by atoms with E-state index in [1.807, 2.05) is 42.6 Å². The SMILES string of the molecule is CC(NC(=O)CCC(=O)c1cccs1)c1ccc(Br)cc1. The van der Waals surface area contributed by atoms with Gasteiger partial charge in [0.05, 0.1) is 10.9 Å².